The molecule has 2 aromatic carbocycles. The van der Waals surface area contributed by atoms with Gasteiger partial charge in [0, 0.05) is 23.6 Å². The third kappa shape index (κ3) is 3.03. The first-order valence-corrected chi connectivity index (χ1v) is 8.76. The molecule has 7 nitrogen and oxygen atoms in total. The SMILES string of the molecule is O=C(Nc1ccc2oc(-c3ccncc3)nc2c1)C1COc2ccccc2O1. The van der Waals surface area contributed by atoms with E-state index in [9.17, 15) is 4.79 Å². The van der Waals surface area contributed by atoms with E-state index in [1.807, 2.05) is 30.3 Å². The Morgan fingerprint density at radius 3 is 2.71 bits per heavy atom. The standard InChI is InChI=1S/C21H15N3O4/c25-20(19-12-26-17-3-1-2-4-18(17)27-19)23-14-5-6-16-15(11-14)24-21(28-16)13-7-9-22-10-8-13/h1-11,19H,12H2,(H,23,25). The molecule has 0 saturated carbocycles. The van der Waals surface area contributed by atoms with Gasteiger partial charge in [0.25, 0.3) is 5.91 Å². The van der Waals surface area contributed by atoms with E-state index >= 15 is 0 Å². The molecule has 0 bridgehead atoms. The van der Waals surface area contributed by atoms with Gasteiger partial charge in [-0.15, -0.1) is 0 Å². The normalized spacial score (nSPS) is 15.4. The zero-order valence-corrected chi connectivity index (χ0v) is 14.7. The van der Waals surface area contributed by atoms with Crippen LogP contribution in [0.15, 0.2) is 71.4 Å². The highest BCUT2D eigenvalue weighted by Crippen LogP contribution is 2.31. The van der Waals surface area contributed by atoms with Crippen LogP contribution in [0.1, 0.15) is 0 Å². The Bertz CT molecular complexity index is 1160. The number of aromatic nitrogens is 2. The van der Waals surface area contributed by atoms with Crippen molar-refractivity contribution < 1.29 is 18.7 Å². The van der Waals surface area contributed by atoms with Gasteiger partial charge < -0.3 is 19.2 Å². The van der Waals surface area contributed by atoms with E-state index in [1.165, 1.54) is 0 Å². The number of hydrogen-bond donors (Lipinski definition) is 1. The van der Waals surface area contributed by atoms with Gasteiger partial charge in [-0.25, -0.2) is 4.98 Å². The summed E-state index contributed by atoms with van der Waals surface area (Å²) in [6.45, 7) is 0.154. The number of fused-ring (bicyclic) bond motifs is 2. The molecule has 7 heteroatoms. The molecule has 28 heavy (non-hydrogen) atoms. The number of pyridine rings is 1. The van der Waals surface area contributed by atoms with Crippen LogP contribution < -0.4 is 14.8 Å². The molecule has 3 heterocycles. The summed E-state index contributed by atoms with van der Waals surface area (Å²) in [5, 5.41) is 2.85. The molecule has 0 radical (unpaired) electrons. The van der Waals surface area contributed by atoms with E-state index in [2.05, 4.69) is 15.3 Å². The maximum Gasteiger partial charge on any atom is 0.269 e. The molecule has 1 atom stereocenters. The molecule has 0 saturated heterocycles. The van der Waals surface area contributed by atoms with Crippen molar-refractivity contribution in [1.82, 2.24) is 9.97 Å². The number of carbonyl (C=O) groups excluding carboxylic acids is 1. The summed E-state index contributed by atoms with van der Waals surface area (Å²) in [5.41, 5.74) is 2.73. The van der Waals surface area contributed by atoms with Crippen LogP contribution in [-0.2, 0) is 4.79 Å². The molecule has 0 spiro atoms. The third-order valence-corrected chi connectivity index (χ3v) is 4.38. The second kappa shape index (κ2) is 6.70. The van der Waals surface area contributed by atoms with Crippen LogP contribution in [0.3, 0.4) is 0 Å². The Morgan fingerprint density at radius 1 is 1.04 bits per heavy atom. The van der Waals surface area contributed by atoms with Crippen molar-refractivity contribution in [3.05, 3.63) is 67.0 Å². The van der Waals surface area contributed by atoms with Gasteiger partial charge in [0.05, 0.1) is 0 Å². The van der Waals surface area contributed by atoms with E-state index < -0.39 is 6.10 Å². The van der Waals surface area contributed by atoms with E-state index in [0.717, 1.165) is 5.56 Å². The number of nitrogens with zero attached hydrogens (tertiary/aromatic N) is 2. The molecule has 0 fully saturated rings. The zero-order valence-electron chi connectivity index (χ0n) is 14.7. The Balaban J connectivity index is 1.35. The minimum atomic E-state index is -0.727. The number of carbonyl (C=O) groups is 1. The molecule has 0 aliphatic carbocycles. The third-order valence-electron chi connectivity index (χ3n) is 4.38. The monoisotopic (exact) mass is 373 g/mol. The van der Waals surface area contributed by atoms with Gasteiger partial charge in [-0.3, -0.25) is 9.78 Å². The van der Waals surface area contributed by atoms with Crippen LogP contribution in [0.5, 0.6) is 11.5 Å². The predicted molar refractivity (Wildman–Crippen MR) is 102 cm³/mol. The van der Waals surface area contributed by atoms with Gasteiger partial charge in [-0.2, -0.15) is 0 Å². The number of oxazole rings is 1. The fourth-order valence-corrected chi connectivity index (χ4v) is 2.99. The molecular weight excluding hydrogens is 358 g/mol. The molecule has 5 rings (SSSR count). The number of amides is 1. The van der Waals surface area contributed by atoms with Gasteiger partial charge in [-0.05, 0) is 42.5 Å². The van der Waals surface area contributed by atoms with Crippen molar-refractivity contribution in [2.45, 2.75) is 6.10 Å². The summed E-state index contributed by atoms with van der Waals surface area (Å²) in [6.07, 6.45) is 2.64. The van der Waals surface area contributed by atoms with Crippen LogP contribution >= 0.6 is 0 Å². The Kier molecular flexibility index (Phi) is 3.90. The summed E-state index contributed by atoms with van der Waals surface area (Å²) in [7, 11) is 0. The Morgan fingerprint density at radius 2 is 1.86 bits per heavy atom. The van der Waals surface area contributed by atoms with E-state index in [0.29, 0.717) is 34.2 Å². The lowest BCUT2D eigenvalue weighted by Gasteiger charge is -2.25. The number of ether oxygens (including phenoxy) is 2. The number of hydrogen-bond acceptors (Lipinski definition) is 6. The van der Waals surface area contributed by atoms with Gasteiger partial charge >= 0.3 is 0 Å². The highest BCUT2D eigenvalue weighted by Gasteiger charge is 2.27. The second-order valence-corrected chi connectivity index (χ2v) is 6.29. The molecule has 4 aromatic rings. The average Bonchev–Trinajstić information content (AvgIpc) is 3.17. The van der Waals surface area contributed by atoms with Crippen LogP contribution in [0, 0.1) is 0 Å². The van der Waals surface area contributed by atoms with Crippen molar-refractivity contribution in [2.24, 2.45) is 0 Å². The molecule has 1 amide bonds. The predicted octanol–water partition coefficient (Wildman–Crippen LogP) is 3.67. The van der Waals surface area contributed by atoms with Gasteiger partial charge in [-0.1, -0.05) is 12.1 Å². The lowest BCUT2D eigenvalue weighted by Crippen LogP contribution is -2.40. The zero-order chi connectivity index (χ0) is 18.9. The fourth-order valence-electron chi connectivity index (χ4n) is 2.99. The summed E-state index contributed by atoms with van der Waals surface area (Å²) in [5.74, 6) is 1.41. The van der Waals surface area contributed by atoms with Crippen LogP contribution in [0.25, 0.3) is 22.6 Å². The van der Waals surface area contributed by atoms with Gasteiger partial charge in [0.2, 0.25) is 12.0 Å². The van der Waals surface area contributed by atoms with E-state index in [1.54, 1.807) is 36.7 Å². The molecule has 1 aliphatic rings. The quantitative estimate of drug-likeness (QED) is 0.590. The number of benzene rings is 2. The molecule has 1 unspecified atom stereocenters. The number of para-hydroxylation sites is 2. The van der Waals surface area contributed by atoms with Crippen molar-refractivity contribution in [2.75, 3.05) is 11.9 Å². The molecule has 1 N–H and O–H groups in total. The van der Waals surface area contributed by atoms with Crippen molar-refractivity contribution in [3.8, 4) is 23.0 Å². The highest BCUT2D eigenvalue weighted by molar-refractivity contribution is 5.96. The molecule has 1 aliphatic heterocycles. The summed E-state index contributed by atoms with van der Waals surface area (Å²) in [4.78, 5) is 21.1. The average molecular weight is 373 g/mol. The number of rotatable bonds is 3. The van der Waals surface area contributed by atoms with Crippen molar-refractivity contribution in [3.63, 3.8) is 0 Å². The number of anilines is 1. The van der Waals surface area contributed by atoms with Crippen molar-refractivity contribution >= 4 is 22.7 Å². The largest absolute Gasteiger partial charge is 0.485 e. The lowest BCUT2D eigenvalue weighted by molar-refractivity contribution is -0.125. The minimum Gasteiger partial charge on any atom is -0.485 e. The highest BCUT2D eigenvalue weighted by atomic mass is 16.6. The molecular formula is C21H15N3O4. The first-order valence-electron chi connectivity index (χ1n) is 8.76. The minimum absolute atomic E-state index is 0.154. The Hall–Kier alpha value is -3.87. The van der Waals surface area contributed by atoms with Crippen LogP contribution in [0.2, 0.25) is 0 Å². The smallest absolute Gasteiger partial charge is 0.269 e. The maximum absolute atomic E-state index is 12.6. The first-order chi connectivity index (χ1) is 13.8. The lowest BCUT2D eigenvalue weighted by atomic mass is 10.2. The number of nitrogens with one attached hydrogen (secondary N) is 1. The summed E-state index contributed by atoms with van der Waals surface area (Å²) >= 11 is 0. The fraction of sp³-hybridized carbons (Fsp3) is 0.0952. The molecule has 138 valence electrons. The van der Waals surface area contributed by atoms with E-state index in [-0.39, 0.29) is 12.5 Å². The second-order valence-electron chi connectivity index (χ2n) is 6.29. The molecule has 2 aromatic heterocycles. The van der Waals surface area contributed by atoms with Gasteiger partial charge in [0.1, 0.15) is 12.1 Å². The summed E-state index contributed by atoms with van der Waals surface area (Å²) < 4.78 is 17.1. The first kappa shape index (κ1) is 16.3. The summed E-state index contributed by atoms with van der Waals surface area (Å²) in [6, 6.07) is 16.2. The van der Waals surface area contributed by atoms with Crippen molar-refractivity contribution in [1.29, 1.82) is 0 Å². The van der Waals surface area contributed by atoms with Crippen LogP contribution in [0.4, 0.5) is 5.69 Å². The maximum atomic E-state index is 12.6. The van der Waals surface area contributed by atoms with Gasteiger partial charge in [0.15, 0.2) is 17.1 Å². The topological polar surface area (TPSA) is 86.5 Å². The Labute approximate surface area is 159 Å². The van der Waals surface area contributed by atoms with E-state index in [4.69, 9.17) is 13.9 Å². The van der Waals surface area contributed by atoms with Crippen LogP contribution in [-0.4, -0.2) is 28.6 Å².